The van der Waals surface area contributed by atoms with E-state index < -0.39 is 0 Å². The molecule has 2 N–H and O–H groups in total. The molecule has 0 saturated carbocycles. The molecule has 0 bridgehead atoms. The minimum Gasteiger partial charge on any atom is -0.325 e. The number of nitrogens with one attached hydrogen (secondary N) is 2. The Morgan fingerprint density at radius 1 is 1.38 bits per heavy atom. The zero-order chi connectivity index (χ0) is 15.1. The molecule has 1 aromatic carbocycles. The molecule has 0 aromatic heterocycles. The lowest BCUT2D eigenvalue weighted by atomic mass is 10.0. The standard InChI is InChI=1S/C16H22N4O/c1-18-11-15-4-2-3-9-20(15)12-16(21)19-14-7-5-13(10-17)6-8-14/h5-8,15,18H,2-4,9,11-12H2,1H3,(H,19,21). The average Bonchev–Trinajstić information content (AvgIpc) is 2.50. The van der Waals surface area contributed by atoms with Crippen molar-refractivity contribution in [3.63, 3.8) is 0 Å². The Labute approximate surface area is 125 Å². The molecule has 1 aliphatic heterocycles. The summed E-state index contributed by atoms with van der Waals surface area (Å²) in [5, 5.41) is 14.8. The number of benzene rings is 1. The Hall–Kier alpha value is -1.90. The molecule has 2 rings (SSSR count). The van der Waals surface area contributed by atoms with E-state index in [9.17, 15) is 4.79 Å². The molecule has 1 unspecified atom stereocenters. The van der Waals surface area contributed by atoms with E-state index in [2.05, 4.69) is 21.6 Å². The van der Waals surface area contributed by atoms with E-state index in [0.29, 0.717) is 18.2 Å². The molecule has 1 heterocycles. The van der Waals surface area contributed by atoms with Crippen molar-refractivity contribution in [1.29, 1.82) is 5.26 Å². The fourth-order valence-electron chi connectivity index (χ4n) is 2.75. The van der Waals surface area contributed by atoms with Gasteiger partial charge >= 0.3 is 0 Å². The van der Waals surface area contributed by atoms with Crippen molar-refractivity contribution >= 4 is 11.6 Å². The smallest absolute Gasteiger partial charge is 0.238 e. The van der Waals surface area contributed by atoms with Crippen LogP contribution in [0.25, 0.3) is 0 Å². The molecule has 0 radical (unpaired) electrons. The summed E-state index contributed by atoms with van der Waals surface area (Å²) in [4.78, 5) is 14.4. The first-order valence-corrected chi connectivity index (χ1v) is 7.41. The summed E-state index contributed by atoms with van der Waals surface area (Å²) in [6.07, 6.45) is 3.54. The second-order valence-electron chi connectivity index (χ2n) is 5.42. The van der Waals surface area contributed by atoms with Crippen molar-refractivity contribution in [1.82, 2.24) is 10.2 Å². The average molecular weight is 286 g/mol. The molecule has 112 valence electrons. The molecule has 1 saturated heterocycles. The number of rotatable bonds is 5. The zero-order valence-corrected chi connectivity index (χ0v) is 12.4. The number of carbonyl (C=O) groups is 1. The third kappa shape index (κ3) is 4.55. The van der Waals surface area contributed by atoms with Gasteiger partial charge < -0.3 is 10.6 Å². The third-order valence-electron chi connectivity index (χ3n) is 3.83. The van der Waals surface area contributed by atoms with Crippen LogP contribution in [0.2, 0.25) is 0 Å². The second-order valence-corrected chi connectivity index (χ2v) is 5.42. The molecule has 1 aromatic rings. The van der Waals surface area contributed by atoms with Crippen LogP contribution < -0.4 is 10.6 Å². The number of nitrogens with zero attached hydrogens (tertiary/aromatic N) is 2. The molecule has 1 amide bonds. The number of amides is 1. The first-order valence-electron chi connectivity index (χ1n) is 7.41. The summed E-state index contributed by atoms with van der Waals surface area (Å²) in [5.74, 6) is 0.00251. The van der Waals surface area contributed by atoms with Gasteiger partial charge in [0.1, 0.15) is 0 Å². The van der Waals surface area contributed by atoms with Gasteiger partial charge in [0.25, 0.3) is 0 Å². The summed E-state index contributed by atoms with van der Waals surface area (Å²) in [6, 6.07) is 9.45. The number of anilines is 1. The predicted octanol–water partition coefficient (Wildman–Crippen LogP) is 1.57. The molecule has 0 spiro atoms. The fourth-order valence-corrected chi connectivity index (χ4v) is 2.75. The minimum atomic E-state index is 0.00251. The molecule has 1 aliphatic rings. The Bertz CT molecular complexity index is 504. The van der Waals surface area contributed by atoms with Gasteiger partial charge in [-0.2, -0.15) is 5.26 Å². The van der Waals surface area contributed by atoms with Crippen molar-refractivity contribution in [3.05, 3.63) is 29.8 Å². The highest BCUT2D eigenvalue weighted by Crippen LogP contribution is 2.16. The van der Waals surface area contributed by atoms with Crippen molar-refractivity contribution in [2.45, 2.75) is 25.3 Å². The number of carbonyl (C=O) groups excluding carboxylic acids is 1. The van der Waals surface area contributed by atoms with Crippen LogP contribution >= 0.6 is 0 Å². The highest BCUT2D eigenvalue weighted by molar-refractivity contribution is 5.92. The maximum atomic E-state index is 12.1. The number of hydrogen-bond acceptors (Lipinski definition) is 4. The Morgan fingerprint density at radius 2 is 2.14 bits per heavy atom. The van der Waals surface area contributed by atoms with E-state index in [0.717, 1.165) is 31.6 Å². The maximum Gasteiger partial charge on any atom is 0.238 e. The van der Waals surface area contributed by atoms with Gasteiger partial charge in [0.15, 0.2) is 0 Å². The van der Waals surface area contributed by atoms with Crippen LogP contribution in [-0.4, -0.2) is 43.5 Å². The lowest BCUT2D eigenvalue weighted by Gasteiger charge is -2.35. The quantitative estimate of drug-likeness (QED) is 0.862. The van der Waals surface area contributed by atoms with E-state index in [-0.39, 0.29) is 5.91 Å². The molecule has 5 heteroatoms. The van der Waals surface area contributed by atoms with Crippen molar-refractivity contribution in [3.8, 4) is 6.07 Å². The summed E-state index contributed by atoms with van der Waals surface area (Å²) in [6.45, 7) is 2.32. The first-order chi connectivity index (χ1) is 10.2. The van der Waals surface area contributed by atoms with E-state index in [1.807, 2.05) is 7.05 Å². The van der Waals surface area contributed by atoms with Crippen LogP contribution in [0.3, 0.4) is 0 Å². The van der Waals surface area contributed by atoms with Gasteiger partial charge in [0.2, 0.25) is 5.91 Å². The number of likely N-dealkylation sites (tertiary alicyclic amines) is 1. The van der Waals surface area contributed by atoms with Crippen LogP contribution in [0.4, 0.5) is 5.69 Å². The van der Waals surface area contributed by atoms with Crippen molar-refractivity contribution < 1.29 is 4.79 Å². The minimum absolute atomic E-state index is 0.00251. The molecule has 0 aliphatic carbocycles. The molecule has 1 fully saturated rings. The predicted molar refractivity (Wildman–Crippen MR) is 82.9 cm³/mol. The third-order valence-corrected chi connectivity index (χ3v) is 3.83. The van der Waals surface area contributed by atoms with E-state index in [1.165, 1.54) is 6.42 Å². The Balaban J connectivity index is 1.89. The molecular formula is C16H22N4O. The van der Waals surface area contributed by atoms with Gasteiger partial charge in [-0.15, -0.1) is 0 Å². The van der Waals surface area contributed by atoms with Gasteiger partial charge in [0.05, 0.1) is 18.2 Å². The molecule has 1 atom stereocenters. The van der Waals surface area contributed by atoms with E-state index in [1.54, 1.807) is 24.3 Å². The lowest BCUT2D eigenvalue weighted by Crippen LogP contribution is -2.47. The Morgan fingerprint density at radius 3 is 2.81 bits per heavy atom. The van der Waals surface area contributed by atoms with Gasteiger partial charge in [-0.3, -0.25) is 9.69 Å². The fraction of sp³-hybridized carbons (Fsp3) is 0.500. The summed E-state index contributed by atoms with van der Waals surface area (Å²) in [5.41, 5.74) is 1.33. The van der Waals surface area contributed by atoms with Crippen molar-refractivity contribution in [2.24, 2.45) is 0 Å². The molecular weight excluding hydrogens is 264 g/mol. The van der Waals surface area contributed by atoms with Gasteiger partial charge in [-0.25, -0.2) is 0 Å². The zero-order valence-electron chi connectivity index (χ0n) is 12.4. The van der Waals surface area contributed by atoms with Crippen molar-refractivity contribution in [2.75, 3.05) is 32.0 Å². The molecule has 5 nitrogen and oxygen atoms in total. The first kappa shape index (κ1) is 15.5. The van der Waals surface area contributed by atoms with Gasteiger partial charge in [-0.05, 0) is 50.7 Å². The van der Waals surface area contributed by atoms with Crippen LogP contribution in [0.1, 0.15) is 24.8 Å². The lowest BCUT2D eigenvalue weighted by molar-refractivity contribution is -0.118. The van der Waals surface area contributed by atoms with Crippen LogP contribution in [0, 0.1) is 11.3 Å². The SMILES string of the molecule is CNCC1CCCCN1CC(=O)Nc1ccc(C#N)cc1. The number of piperidine rings is 1. The van der Waals surface area contributed by atoms with Crippen LogP contribution in [-0.2, 0) is 4.79 Å². The highest BCUT2D eigenvalue weighted by Gasteiger charge is 2.23. The largest absolute Gasteiger partial charge is 0.325 e. The normalized spacial score (nSPS) is 19.0. The van der Waals surface area contributed by atoms with E-state index >= 15 is 0 Å². The molecule has 21 heavy (non-hydrogen) atoms. The summed E-state index contributed by atoms with van der Waals surface area (Å²) < 4.78 is 0. The van der Waals surface area contributed by atoms with Crippen LogP contribution in [0.5, 0.6) is 0 Å². The topological polar surface area (TPSA) is 68.2 Å². The number of hydrogen-bond donors (Lipinski definition) is 2. The van der Waals surface area contributed by atoms with Gasteiger partial charge in [0, 0.05) is 18.3 Å². The van der Waals surface area contributed by atoms with Gasteiger partial charge in [-0.1, -0.05) is 6.42 Å². The highest BCUT2D eigenvalue weighted by atomic mass is 16.2. The summed E-state index contributed by atoms with van der Waals surface area (Å²) >= 11 is 0. The summed E-state index contributed by atoms with van der Waals surface area (Å²) in [7, 11) is 1.95. The number of nitriles is 1. The monoisotopic (exact) mass is 286 g/mol. The Kier molecular flexibility index (Phi) is 5.73. The van der Waals surface area contributed by atoms with E-state index in [4.69, 9.17) is 5.26 Å². The maximum absolute atomic E-state index is 12.1. The second kappa shape index (κ2) is 7.77. The number of likely N-dealkylation sites (N-methyl/N-ethyl adjacent to an activating group) is 1. The van der Waals surface area contributed by atoms with Crippen LogP contribution in [0.15, 0.2) is 24.3 Å².